The number of carbonyl (C=O) groups is 1. The van der Waals surface area contributed by atoms with E-state index in [0.29, 0.717) is 4.90 Å². The topological polar surface area (TPSA) is 50.1 Å². The summed E-state index contributed by atoms with van der Waals surface area (Å²) in [6, 6.07) is 4.75. The third-order valence-corrected chi connectivity index (χ3v) is 2.61. The third-order valence-electron chi connectivity index (χ3n) is 1.69. The Hall–Kier alpha value is -1.18. The van der Waals surface area contributed by atoms with Crippen molar-refractivity contribution < 1.29 is 9.53 Å². The molecule has 0 aliphatic heterocycles. The van der Waals surface area contributed by atoms with E-state index in [1.54, 1.807) is 6.92 Å². The lowest BCUT2D eigenvalue weighted by molar-refractivity contribution is 0.0526. The van der Waals surface area contributed by atoms with Crippen LogP contribution in [0.2, 0.25) is 5.02 Å². The van der Waals surface area contributed by atoms with Crippen LogP contribution in [0.3, 0.4) is 0 Å². The zero-order chi connectivity index (χ0) is 11.4. The Labute approximate surface area is 98.0 Å². The van der Waals surface area contributed by atoms with Crippen molar-refractivity contribution in [3.05, 3.63) is 28.3 Å². The molecule has 1 aromatic rings. The van der Waals surface area contributed by atoms with Gasteiger partial charge in [0.1, 0.15) is 6.07 Å². The fourth-order valence-electron chi connectivity index (χ4n) is 1.02. The highest BCUT2D eigenvalue weighted by Crippen LogP contribution is 2.25. The number of benzene rings is 1. The number of hydrogen-bond donors (Lipinski definition) is 1. The van der Waals surface area contributed by atoms with Gasteiger partial charge in [0.2, 0.25) is 0 Å². The maximum Gasteiger partial charge on any atom is 0.338 e. The summed E-state index contributed by atoms with van der Waals surface area (Å²) >= 11 is 9.86. The van der Waals surface area contributed by atoms with Crippen LogP contribution in [0.25, 0.3) is 0 Å². The Kier molecular flexibility index (Phi) is 4.01. The second kappa shape index (κ2) is 5.06. The number of nitrogens with zero attached hydrogens (tertiary/aromatic N) is 1. The van der Waals surface area contributed by atoms with Gasteiger partial charge in [-0.1, -0.05) is 11.6 Å². The van der Waals surface area contributed by atoms with Crippen LogP contribution in [0.5, 0.6) is 0 Å². The van der Waals surface area contributed by atoms with E-state index in [1.807, 2.05) is 6.07 Å². The summed E-state index contributed by atoms with van der Waals surface area (Å²) in [5.41, 5.74) is 0.519. The normalized spacial score (nSPS) is 9.47. The largest absolute Gasteiger partial charge is 0.462 e. The van der Waals surface area contributed by atoms with Crippen molar-refractivity contribution >= 4 is 30.2 Å². The molecule has 0 aromatic heterocycles. The lowest BCUT2D eigenvalue weighted by Crippen LogP contribution is -2.05. The van der Waals surface area contributed by atoms with Crippen molar-refractivity contribution in [2.75, 3.05) is 6.61 Å². The summed E-state index contributed by atoms with van der Waals surface area (Å²) in [5, 5.41) is 9.03. The molecule has 15 heavy (non-hydrogen) atoms. The molecule has 0 atom stereocenters. The summed E-state index contributed by atoms with van der Waals surface area (Å²) in [4.78, 5) is 11.7. The zero-order valence-corrected chi connectivity index (χ0v) is 9.60. The van der Waals surface area contributed by atoms with Gasteiger partial charge >= 0.3 is 5.97 Å². The van der Waals surface area contributed by atoms with Crippen LogP contribution in [0.4, 0.5) is 0 Å². The molecular weight excluding hydrogens is 234 g/mol. The number of carbonyl (C=O) groups excluding carboxylic acids is 1. The molecule has 0 spiro atoms. The van der Waals surface area contributed by atoms with Crippen LogP contribution in [0.15, 0.2) is 17.0 Å². The molecule has 0 saturated carbocycles. The fraction of sp³-hybridized carbons (Fsp3) is 0.200. The van der Waals surface area contributed by atoms with Gasteiger partial charge < -0.3 is 4.74 Å². The summed E-state index contributed by atoms with van der Waals surface area (Å²) in [6.07, 6.45) is 0. The molecule has 1 aromatic carbocycles. The molecule has 1 rings (SSSR count). The van der Waals surface area contributed by atoms with Gasteiger partial charge in [0.05, 0.1) is 22.8 Å². The van der Waals surface area contributed by atoms with E-state index in [1.165, 1.54) is 12.1 Å². The fourth-order valence-corrected chi connectivity index (χ4v) is 1.42. The number of nitriles is 1. The first-order valence-corrected chi connectivity index (χ1v) is 5.02. The first-order chi connectivity index (χ1) is 7.10. The minimum Gasteiger partial charge on any atom is -0.462 e. The Morgan fingerprint density at radius 2 is 2.33 bits per heavy atom. The summed E-state index contributed by atoms with van der Waals surface area (Å²) in [5.74, 6) is -0.496. The quantitative estimate of drug-likeness (QED) is 0.640. The third kappa shape index (κ3) is 2.65. The minimum atomic E-state index is -0.496. The molecular formula is C10H8ClNO2S. The molecule has 0 amide bonds. The van der Waals surface area contributed by atoms with E-state index in [-0.39, 0.29) is 22.8 Å². The first-order valence-electron chi connectivity index (χ1n) is 4.19. The molecule has 0 fully saturated rings. The van der Waals surface area contributed by atoms with Crippen LogP contribution < -0.4 is 0 Å². The van der Waals surface area contributed by atoms with Crippen LogP contribution >= 0.6 is 24.2 Å². The molecule has 0 bridgehead atoms. The number of ether oxygens (including phenoxy) is 1. The number of thiol groups is 1. The van der Waals surface area contributed by atoms with E-state index in [4.69, 9.17) is 21.6 Å². The molecule has 78 valence electrons. The van der Waals surface area contributed by atoms with E-state index in [2.05, 4.69) is 12.6 Å². The molecule has 0 heterocycles. The summed E-state index contributed by atoms with van der Waals surface area (Å²) in [6.45, 7) is 1.98. The van der Waals surface area contributed by atoms with Gasteiger partial charge in [-0.2, -0.15) is 5.26 Å². The van der Waals surface area contributed by atoms with Gasteiger partial charge in [0, 0.05) is 4.90 Å². The van der Waals surface area contributed by atoms with Gasteiger partial charge in [-0.15, -0.1) is 12.6 Å². The maximum atomic E-state index is 11.4. The molecule has 0 aliphatic rings. The molecule has 3 nitrogen and oxygen atoms in total. The molecule has 0 unspecified atom stereocenters. The van der Waals surface area contributed by atoms with Gasteiger partial charge in [-0.3, -0.25) is 0 Å². The molecule has 0 aliphatic carbocycles. The minimum absolute atomic E-state index is 0.258. The predicted octanol–water partition coefficient (Wildman–Crippen LogP) is 2.68. The standard InChI is InChI=1S/C10H8ClNO2S/c1-2-14-10(13)6-3-7(5-12)9(15)8(11)4-6/h3-4,15H,2H2,1H3. The van der Waals surface area contributed by atoms with Crippen molar-refractivity contribution in [3.63, 3.8) is 0 Å². The van der Waals surface area contributed by atoms with E-state index >= 15 is 0 Å². The Bertz CT molecular complexity index is 440. The van der Waals surface area contributed by atoms with Crippen molar-refractivity contribution in [2.45, 2.75) is 11.8 Å². The summed E-state index contributed by atoms with van der Waals surface area (Å²) < 4.78 is 4.79. The van der Waals surface area contributed by atoms with E-state index in [9.17, 15) is 4.79 Å². The summed E-state index contributed by atoms with van der Waals surface area (Å²) in [7, 11) is 0. The van der Waals surface area contributed by atoms with Crippen LogP contribution in [-0.4, -0.2) is 12.6 Å². The van der Waals surface area contributed by atoms with Gasteiger partial charge in [0.25, 0.3) is 0 Å². The first kappa shape index (κ1) is 11.9. The maximum absolute atomic E-state index is 11.4. The lowest BCUT2D eigenvalue weighted by atomic mass is 10.1. The highest BCUT2D eigenvalue weighted by Gasteiger charge is 2.12. The van der Waals surface area contributed by atoms with E-state index < -0.39 is 5.97 Å². The number of esters is 1. The average molecular weight is 242 g/mol. The van der Waals surface area contributed by atoms with E-state index in [0.717, 1.165) is 0 Å². The van der Waals surface area contributed by atoms with Crippen LogP contribution in [0.1, 0.15) is 22.8 Å². The molecule has 0 N–H and O–H groups in total. The number of halogens is 1. The lowest BCUT2D eigenvalue weighted by Gasteiger charge is -2.05. The molecule has 0 saturated heterocycles. The Balaban J connectivity index is 3.18. The van der Waals surface area contributed by atoms with Crippen molar-refractivity contribution in [2.24, 2.45) is 0 Å². The second-order valence-electron chi connectivity index (χ2n) is 2.69. The molecule has 5 heteroatoms. The van der Waals surface area contributed by atoms with Crippen molar-refractivity contribution in [1.82, 2.24) is 0 Å². The Morgan fingerprint density at radius 3 is 2.87 bits per heavy atom. The second-order valence-corrected chi connectivity index (χ2v) is 3.54. The molecule has 0 radical (unpaired) electrons. The van der Waals surface area contributed by atoms with Crippen LogP contribution in [0, 0.1) is 11.3 Å². The number of hydrogen-bond acceptors (Lipinski definition) is 4. The SMILES string of the molecule is CCOC(=O)c1cc(Cl)c(S)c(C#N)c1. The highest BCUT2D eigenvalue weighted by molar-refractivity contribution is 7.80. The Morgan fingerprint density at radius 1 is 1.67 bits per heavy atom. The van der Waals surface area contributed by atoms with Gasteiger partial charge in [-0.05, 0) is 19.1 Å². The predicted molar refractivity (Wildman–Crippen MR) is 59.4 cm³/mol. The van der Waals surface area contributed by atoms with Crippen LogP contribution in [-0.2, 0) is 4.74 Å². The van der Waals surface area contributed by atoms with Gasteiger partial charge in [0.15, 0.2) is 0 Å². The van der Waals surface area contributed by atoms with Gasteiger partial charge in [-0.25, -0.2) is 4.79 Å². The van der Waals surface area contributed by atoms with Crippen molar-refractivity contribution in [1.29, 1.82) is 5.26 Å². The average Bonchev–Trinajstić information content (AvgIpc) is 2.22. The monoisotopic (exact) mass is 241 g/mol. The zero-order valence-electron chi connectivity index (χ0n) is 7.95. The highest BCUT2D eigenvalue weighted by atomic mass is 35.5. The smallest absolute Gasteiger partial charge is 0.338 e. The van der Waals surface area contributed by atoms with Crippen molar-refractivity contribution in [3.8, 4) is 6.07 Å². The number of rotatable bonds is 2.